The molecule has 2 rings (SSSR count). The van der Waals surface area contributed by atoms with Crippen LogP contribution < -0.4 is 10.6 Å². The summed E-state index contributed by atoms with van der Waals surface area (Å²) in [6, 6.07) is 12.7. The van der Waals surface area contributed by atoms with Crippen LogP contribution in [-0.4, -0.2) is 17.4 Å². The first-order chi connectivity index (χ1) is 10.2. The van der Waals surface area contributed by atoms with Crippen molar-refractivity contribution in [2.45, 2.75) is 13.3 Å². The van der Waals surface area contributed by atoms with Gasteiger partial charge in [0.1, 0.15) is 5.82 Å². The van der Waals surface area contributed by atoms with Gasteiger partial charge in [0.25, 0.3) is 5.91 Å². The van der Waals surface area contributed by atoms with E-state index in [4.69, 9.17) is 5.26 Å². The Balaban J connectivity index is 2.07. The van der Waals surface area contributed by atoms with E-state index in [1.165, 1.54) is 0 Å². The SMILES string of the molecule is CCNc1cc(C(=O)Nc2ccc(CC#N)cc2)ccn1. The van der Waals surface area contributed by atoms with Gasteiger partial charge in [0.05, 0.1) is 12.5 Å². The topological polar surface area (TPSA) is 77.8 Å². The molecule has 2 aromatic rings. The molecular formula is C16H16N4O. The van der Waals surface area contributed by atoms with Crippen LogP contribution in [0.3, 0.4) is 0 Å². The minimum atomic E-state index is -0.190. The number of benzene rings is 1. The Hall–Kier alpha value is -2.87. The average molecular weight is 280 g/mol. The number of rotatable bonds is 5. The Morgan fingerprint density at radius 2 is 2.05 bits per heavy atom. The molecule has 0 atom stereocenters. The lowest BCUT2D eigenvalue weighted by molar-refractivity contribution is 0.102. The number of hydrogen-bond acceptors (Lipinski definition) is 4. The predicted octanol–water partition coefficient (Wildman–Crippen LogP) is 2.83. The third-order valence-electron chi connectivity index (χ3n) is 2.88. The molecule has 0 aliphatic heterocycles. The molecule has 0 bridgehead atoms. The zero-order valence-electron chi connectivity index (χ0n) is 11.8. The molecule has 2 N–H and O–H groups in total. The van der Waals surface area contributed by atoms with Crippen LogP contribution in [0, 0.1) is 11.3 Å². The van der Waals surface area contributed by atoms with Crippen molar-refractivity contribution in [2.24, 2.45) is 0 Å². The Kier molecular flexibility index (Phi) is 4.89. The fourth-order valence-electron chi connectivity index (χ4n) is 1.85. The highest BCUT2D eigenvalue weighted by atomic mass is 16.1. The molecule has 1 heterocycles. The molecule has 0 aliphatic carbocycles. The van der Waals surface area contributed by atoms with Gasteiger partial charge in [0.2, 0.25) is 0 Å². The first-order valence-electron chi connectivity index (χ1n) is 6.70. The monoisotopic (exact) mass is 280 g/mol. The van der Waals surface area contributed by atoms with Gasteiger partial charge in [0.15, 0.2) is 0 Å². The smallest absolute Gasteiger partial charge is 0.255 e. The Morgan fingerprint density at radius 1 is 1.29 bits per heavy atom. The molecule has 0 saturated heterocycles. The fourth-order valence-corrected chi connectivity index (χ4v) is 1.85. The lowest BCUT2D eigenvalue weighted by Gasteiger charge is -2.07. The number of carbonyl (C=O) groups excluding carboxylic acids is 1. The molecular weight excluding hydrogens is 264 g/mol. The largest absolute Gasteiger partial charge is 0.370 e. The number of amides is 1. The lowest BCUT2D eigenvalue weighted by atomic mass is 10.1. The molecule has 1 amide bonds. The second-order valence-corrected chi connectivity index (χ2v) is 4.45. The minimum Gasteiger partial charge on any atom is -0.370 e. The average Bonchev–Trinajstić information content (AvgIpc) is 2.50. The summed E-state index contributed by atoms with van der Waals surface area (Å²) in [5.41, 5.74) is 2.17. The zero-order valence-corrected chi connectivity index (χ0v) is 11.8. The normalized spacial score (nSPS) is 9.71. The van der Waals surface area contributed by atoms with E-state index in [1.807, 2.05) is 19.1 Å². The molecule has 0 radical (unpaired) electrons. The van der Waals surface area contributed by atoms with E-state index in [-0.39, 0.29) is 5.91 Å². The predicted molar refractivity (Wildman–Crippen MR) is 82.1 cm³/mol. The summed E-state index contributed by atoms with van der Waals surface area (Å²) in [7, 11) is 0. The number of hydrogen-bond donors (Lipinski definition) is 2. The Labute approximate surface area is 123 Å². The van der Waals surface area contributed by atoms with Gasteiger partial charge >= 0.3 is 0 Å². The molecule has 0 spiro atoms. The number of carbonyl (C=O) groups is 1. The molecule has 0 fully saturated rings. The van der Waals surface area contributed by atoms with Gasteiger partial charge in [-0.1, -0.05) is 12.1 Å². The molecule has 0 saturated carbocycles. The number of anilines is 2. The second-order valence-electron chi connectivity index (χ2n) is 4.45. The van der Waals surface area contributed by atoms with Crippen LogP contribution in [0.25, 0.3) is 0 Å². The van der Waals surface area contributed by atoms with Crippen LogP contribution in [-0.2, 0) is 6.42 Å². The number of pyridine rings is 1. The van der Waals surface area contributed by atoms with Crippen molar-refractivity contribution in [3.8, 4) is 6.07 Å². The van der Waals surface area contributed by atoms with Crippen LogP contribution in [0.15, 0.2) is 42.6 Å². The highest BCUT2D eigenvalue weighted by Crippen LogP contribution is 2.13. The maximum absolute atomic E-state index is 12.2. The summed E-state index contributed by atoms with van der Waals surface area (Å²) < 4.78 is 0. The first kappa shape index (κ1) is 14.5. The van der Waals surface area contributed by atoms with E-state index in [9.17, 15) is 4.79 Å². The molecule has 0 unspecified atom stereocenters. The van der Waals surface area contributed by atoms with Gasteiger partial charge in [-0.2, -0.15) is 5.26 Å². The third-order valence-corrected chi connectivity index (χ3v) is 2.88. The molecule has 5 heteroatoms. The third kappa shape index (κ3) is 4.05. The van der Waals surface area contributed by atoms with E-state index in [1.54, 1.807) is 30.5 Å². The van der Waals surface area contributed by atoms with Crippen LogP contribution >= 0.6 is 0 Å². The van der Waals surface area contributed by atoms with E-state index in [0.29, 0.717) is 23.5 Å². The highest BCUT2D eigenvalue weighted by Gasteiger charge is 2.07. The summed E-state index contributed by atoms with van der Waals surface area (Å²) in [5, 5.41) is 14.5. The number of aromatic nitrogens is 1. The van der Waals surface area contributed by atoms with E-state index < -0.39 is 0 Å². The summed E-state index contributed by atoms with van der Waals surface area (Å²) in [6.45, 7) is 2.72. The summed E-state index contributed by atoms with van der Waals surface area (Å²) in [5.74, 6) is 0.485. The second kappa shape index (κ2) is 7.06. The minimum absolute atomic E-state index is 0.190. The van der Waals surface area contributed by atoms with Crippen LogP contribution in [0.5, 0.6) is 0 Å². The van der Waals surface area contributed by atoms with Gasteiger partial charge in [-0.05, 0) is 36.8 Å². The molecule has 106 valence electrons. The quantitative estimate of drug-likeness (QED) is 0.882. The first-order valence-corrected chi connectivity index (χ1v) is 6.70. The maximum atomic E-state index is 12.2. The van der Waals surface area contributed by atoms with Crippen molar-refractivity contribution >= 4 is 17.4 Å². The van der Waals surface area contributed by atoms with Crippen molar-refractivity contribution in [3.05, 3.63) is 53.7 Å². The maximum Gasteiger partial charge on any atom is 0.255 e. The summed E-state index contributed by atoms with van der Waals surface area (Å²) >= 11 is 0. The van der Waals surface area contributed by atoms with Crippen LogP contribution in [0.1, 0.15) is 22.8 Å². The van der Waals surface area contributed by atoms with Gasteiger partial charge in [-0.3, -0.25) is 4.79 Å². The van der Waals surface area contributed by atoms with E-state index in [2.05, 4.69) is 21.7 Å². The molecule has 0 aliphatic rings. The zero-order chi connectivity index (χ0) is 15.1. The number of nitrogens with one attached hydrogen (secondary N) is 2. The molecule has 5 nitrogen and oxygen atoms in total. The summed E-state index contributed by atoms with van der Waals surface area (Å²) in [4.78, 5) is 16.3. The molecule has 1 aromatic heterocycles. The van der Waals surface area contributed by atoms with Gasteiger partial charge < -0.3 is 10.6 Å². The Bertz CT molecular complexity index is 659. The van der Waals surface area contributed by atoms with Gasteiger partial charge in [-0.25, -0.2) is 4.98 Å². The lowest BCUT2D eigenvalue weighted by Crippen LogP contribution is -2.12. The van der Waals surface area contributed by atoms with E-state index in [0.717, 1.165) is 12.1 Å². The highest BCUT2D eigenvalue weighted by molar-refractivity contribution is 6.04. The number of nitriles is 1. The van der Waals surface area contributed by atoms with Crippen molar-refractivity contribution < 1.29 is 4.79 Å². The van der Waals surface area contributed by atoms with Crippen molar-refractivity contribution in [3.63, 3.8) is 0 Å². The van der Waals surface area contributed by atoms with Crippen molar-refractivity contribution in [2.75, 3.05) is 17.2 Å². The fraction of sp³-hybridized carbons (Fsp3) is 0.188. The van der Waals surface area contributed by atoms with Crippen molar-refractivity contribution in [1.82, 2.24) is 4.98 Å². The van der Waals surface area contributed by atoms with Crippen LogP contribution in [0.4, 0.5) is 11.5 Å². The Morgan fingerprint density at radius 3 is 2.71 bits per heavy atom. The summed E-state index contributed by atoms with van der Waals surface area (Å²) in [6.07, 6.45) is 1.97. The van der Waals surface area contributed by atoms with E-state index >= 15 is 0 Å². The molecule has 1 aromatic carbocycles. The van der Waals surface area contributed by atoms with Crippen LogP contribution in [0.2, 0.25) is 0 Å². The van der Waals surface area contributed by atoms with Gasteiger partial charge in [-0.15, -0.1) is 0 Å². The standard InChI is InChI=1S/C16H16N4O/c1-2-18-15-11-13(8-10-19-15)16(21)20-14-5-3-12(4-6-14)7-9-17/h3-6,8,10-11H,2,7H2,1H3,(H,18,19)(H,20,21). The van der Waals surface area contributed by atoms with Gasteiger partial charge in [0, 0.05) is 24.0 Å². The number of nitrogens with zero attached hydrogens (tertiary/aromatic N) is 2. The van der Waals surface area contributed by atoms with Crippen molar-refractivity contribution in [1.29, 1.82) is 5.26 Å². The molecule has 21 heavy (non-hydrogen) atoms.